The minimum Gasteiger partial charge on any atom is -0.495 e. The summed E-state index contributed by atoms with van der Waals surface area (Å²) in [5.74, 6) is 0.484. The third-order valence-corrected chi connectivity index (χ3v) is 6.86. The average molecular weight is 449 g/mol. The molecule has 0 aliphatic rings. The van der Waals surface area contributed by atoms with Gasteiger partial charge in [-0.3, -0.25) is 4.72 Å². The predicted molar refractivity (Wildman–Crippen MR) is 107 cm³/mol. The molecule has 2 aromatic rings. The van der Waals surface area contributed by atoms with Crippen LogP contribution in [0.1, 0.15) is 13.8 Å². The molecule has 0 aromatic heterocycles. The molecule has 28 heavy (non-hydrogen) atoms. The smallest absolute Gasteiger partial charge is 0.262 e. The van der Waals surface area contributed by atoms with E-state index in [4.69, 9.17) is 21.1 Å². The Kier molecular flexibility index (Phi) is 6.81. The van der Waals surface area contributed by atoms with Crippen molar-refractivity contribution in [1.82, 2.24) is 4.72 Å². The minimum atomic E-state index is -4.06. The molecule has 0 saturated carbocycles. The number of rotatable bonds is 8. The van der Waals surface area contributed by atoms with Crippen molar-refractivity contribution in [1.29, 1.82) is 0 Å². The molecule has 2 rings (SSSR count). The van der Waals surface area contributed by atoms with Crippen molar-refractivity contribution >= 4 is 37.3 Å². The number of halogens is 1. The van der Waals surface area contributed by atoms with E-state index in [9.17, 15) is 16.8 Å². The zero-order valence-electron chi connectivity index (χ0n) is 15.7. The van der Waals surface area contributed by atoms with Gasteiger partial charge >= 0.3 is 0 Å². The van der Waals surface area contributed by atoms with Crippen LogP contribution in [0, 0.1) is 0 Å². The van der Waals surface area contributed by atoms with Crippen molar-refractivity contribution in [2.24, 2.45) is 0 Å². The lowest BCUT2D eigenvalue weighted by Crippen LogP contribution is -2.30. The summed E-state index contributed by atoms with van der Waals surface area (Å²) in [5, 5.41) is 0.120. The fourth-order valence-corrected chi connectivity index (χ4v) is 5.02. The highest BCUT2D eigenvalue weighted by Gasteiger charge is 2.22. The van der Waals surface area contributed by atoms with Crippen molar-refractivity contribution in [3.8, 4) is 11.5 Å². The minimum absolute atomic E-state index is 0.0268. The Morgan fingerprint density at radius 3 is 1.89 bits per heavy atom. The molecule has 0 heterocycles. The lowest BCUT2D eigenvalue weighted by atomic mass is 10.3. The first-order valence-electron chi connectivity index (χ1n) is 8.07. The molecule has 0 aliphatic carbocycles. The van der Waals surface area contributed by atoms with Gasteiger partial charge in [0.05, 0.1) is 34.7 Å². The summed E-state index contributed by atoms with van der Waals surface area (Å²) in [5.41, 5.74) is -0.0268. The molecular weight excluding hydrogens is 428 g/mol. The van der Waals surface area contributed by atoms with Gasteiger partial charge in [-0.2, -0.15) is 0 Å². The zero-order chi connectivity index (χ0) is 21.1. The van der Waals surface area contributed by atoms with Crippen LogP contribution < -0.4 is 18.9 Å². The summed E-state index contributed by atoms with van der Waals surface area (Å²) < 4.78 is 65.2. The van der Waals surface area contributed by atoms with Crippen LogP contribution in [0.5, 0.6) is 11.5 Å². The molecule has 2 aromatic carbocycles. The zero-order valence-corrected chi connectivity index (χ0v) is 18.1. The van der Waals surface area contributed by atoms with E-state index in [1.807, 2.05) is 0 Å². The quantitative estimate of drug-likeness (QED) is 0.642. The fraction of sp³-hybridized carbons (Fsp3) is 0.294. The second-order valence-electron chi connectivity index (χ2n) is 6.04. The fourth-order valence-electron chi connectivity index (χ4n) is 2.33. The summed E-state index contributed by atoms with van der Waals surface area (Å²) in [4.78, 5) is -0.221. The van der Waals surface area contributed by atoms with Gasteiger partial charge in [-0.1, -0.05) is 11.6 Å². The van der Waals surface area contributed by atoms with E-state index < -0.39 is 20.0 Å². The van der Waals surface area contributed by atoms with E-state index in [0.29, 0.717) is 5.75 Å². The maximum Gasteiger partial charge on any atom is 0.262 e. The van der Waals surface area contributed by atoms with Crippen molar-refractivity contribution < 1.29 is 26.3 Å². The lowest BCUT2D eigenvalue weighted by molar-refractivity contribution is 0.414. The van der Waals surface area contributed by atoms with E-state index >= 15 is 0 Å². The molecule has 2 N–H and O–H groups in total. The van der Waals surface area contributed by atoms with Gasteiger partial charge < -0.3 is 9.47 Å². The molecule has 0 saturated heterocycles. The maximum atomic E-state index is 12.7. The molecule has 0 radical (unpaired) electrons. The van der Waals surface area contributed by atoms with E-state index in [2.05, 4.69) is 9.44 Å². The third-order valence-electron chi connectivity index (χ3n) is 3.55. The van der Waals surface area contributed by atoms with Gasteiger partial charge in [-0.15, -0.1) is 0 Å². The van der Waals surface area contributed by atoms with Gasteiger partial charge in [0, 0.05) is 6.04 Å². The first-order chi connectivity index (χ1) is 13.0. The summed E-state index contributed by atoms with van der Waals surface area (Å²) in [6.07, 6.45) is 0. The van der Waals surface area contributed by atoms with Gasteiger partial charge in [0.25, 0.3) is 10.0 Å². The number of benzene rings is 2. The Morgan fingerprint density at radius 2 is 1.39 bits per heavy atom. The lowest BCUT2D eigenvalue weighted by Gasteiger charge is -2.15. The van der Waals surface area contributed by atoms with E-state index in [1.54, 1.807) is 13.8 Å². The first kappa shape index (κ1) is 22.3. The summed E-state index contributed by atoms with van der Waals surface area (Å²) in [6, 6.07) is 7.53. The number of hydrogen-bond acceptors (Lipinski definition) is 6. The molecular formula is C17H21ClN2O6S2. The van der Waals surface area contributed by atoms with E-state index in [1.165, 1.54) is 50.6 Å². The Labute approximate surface area is 169 Å². The molecule has 0 fully saturated rings. The number of ether oxygens (including phenoxy) is 2. The number of nitrogens with one attached hydrogen (secondary N) is 2. The van der Waals surface area contributed by atoms with Crippen LogP contribution in [-0.2, 0) is 20.0 Å². The summed E-state index contributed by atoms with van der Waals surface area (Å²) in [6.45, 7) is 3.36. The summed E-state index contributed by atoms with van der Waals surface area (Å²) in [7, 11) is -5.13. The molecule has 8 nitrogen and oxygen atoms in total. The third kappa shape index (κ3) is 5.07. The van der Waals surface area contributed by atoms with Crippen LogP contribution in [0.4, 0.5) is 5.69 Å². The van der Waals surface area contributed by atoms with Crippen LogP contribution in [-0.4, -0.2) is 37.1 Å². The molecule has 154 valence electrons. The van der Waals surface area contributed by atoms with Gasteiger partial charge in [0.1, 0.15) is 11.5 Å². The van der Waals surface area contributed by atoms with E-state index in [-0.39, 0.29) is 32.3 Å². The average Bonchev–Trinajstić information content (AvgIpc) is 2.60. The maximum absolute atomic E-state index is 12.7. The molecule has 0 unspecified atom stereocenters. The summed E-state index contributed by atoms with van der Waals surface area (Å²) >= 11 is 6.00. The highest BCUT2D eigenvalue weighted by molar-refractivity contribution is 7.92. The van der Waals surface area contributed by atoms with Crippen LogP contribution in [0.25, 0.3) is 0 Å². The van der Waals surface area contributed by atoms with Crippen molar-refractivity contribution in [2.45, 2.75) is 29.7 Å². The SMILES string of the molecule is COc1ccc(S(=O)(=O)Nc2cc(S(=O)(=O)NC(C)C)ccc2OC)cc1Cl. The normalized spacial score (nSPS) is 12.1. The Bertz CT molecular complexity index is 1070. The second-order valence-corrected chi connectivity index (χ2v) is 9.84. The van der Waals surface area contributed by atoms with Crippen LogP contribution in [0.3, 0.4) is 0 Å². The molecule has 0 atom stereocenters. The second kappa shape index (κ2) is 8.56. The molecule has 0 amide bonds. The topological polar surface area (TPSA) is 111 Å². The number of hydrogen-bond donors (Lipinski definition) is 2. The van der Waals surface area contributed by atoms with Gasteiger partial charge in [0.15, 0.2) is 0 Å². The largest absolute Gasteiger partial charge is 0.495 e. The molecule has 0 spiro atoms. The van der Waals surface area contributed by atoms with Gasteiger partial charge in [-0.25, -0.2) is 21.6 Å². The standard InChI is InChI=1S/C17H21ClN2O6S2/c1-11(2)19-27(21,22)13-6-8-17(26-4)15(10-13)20-28(23,24)12-5-7-16(25-3)14(18)9-12/h5-11,19-20H,1-4H3. The van der Waals surface area contributed by atoms with Crippen LogP contribution in [0.2, 0.25) is 5.02 Å². The Balaban J connectivity index is 2.46. The van der Waals surface area contributed by atoms with Gasteiger partial charge in [0.2, 0.25) is 10.0 Å². The highest BCUT2D eigenvalue weighted by atomic mass is 35.5. The first-order valence-corrected chi connectivity index (χ1v) is 11.4. The van der Waals surface area contributed by atoms with E-state index in [0.717, 1.165) is 0 Å². The van der Waals surface area contributed by atoms with Crippen molar-refractivity contribution in [2.75, 3.05) is 18.9 Å². The van der Waals surface area contributed by atoms with Gasteiger partial charge in [-0.05, 0) is 50.2 Å². The van der Waals surface area contributed by atoms with Crippen molar-refractivity contribution in [3.05, 3.63) is 41.4 Å². The Morgan fingerprint density at radius 1 is 0.857 bits per heavy atom. The Hall–Kier alpha value is -2.01. The van der Waals surface area contributed by atoms with Crippen LogP contribution >= 0.6 is 11.6 Å². The monoisotopic (exact) mass is 448 g/mol. The number of methoxy groups -OCH3 is 2. The molecule has 0 bridgehead atoms. The number of anilines is 1. The highest BCUT2D eigenvalue weighted by Crippen LogP contribution is 2.32. The molecule has 0 aliphatic heterocycles. The number of sulfonamides is 2. The van der Waals surface area contributed by atoms with Crippen molar-refractivity contribution in [3.63, 3.8) is 0 Å². The van der Waals surface area contributed by atoms with Crippen LogP contribution in [0.15, 0.2) is 46.2 Å². The predicted octanol–water partition coefficient (Wildman–Crippen LogP) is 2.84. The molecule has 11 heteroatoms.